The zero-order chi connectivity index (χ0) is 13.8. The lowest BCUT2D eigenvalue weighted by Gasteiger charge is -2.14. The summed E-state index contributed by atoms with van der Waals surface area (Å²) in [4.78, 5) is 19.7. The molecule has 0 fully saturated rings. The van der Waals surface area contributed by atoms with Crippen molar-refractivity contribution in [2.75, 3.05) is 0 Å². The maximum absolute atomic E-state index is 13.4. The first-order valence-corrected chi connectivity index (χ1v) is 5.91. The Bertz CT molecular complexity index is 583. The standard InChI is InChI=1S/C14H14FN3O/c1-9-3-4-11(7-17-9)10(2)18-14(19)12-5-6-16-8-13(12)15/h3-8,10H,1-2H3,(H,18,19). The Morgan fingerprint density at radius 3 is 2.74 bits per heavy atom. The highest BCUT2D eigenvalue weighted by molar-refractivity contribution is 5.94. The molecule has 1 amide bonds. The van der Waals surface area contributed by atoms with E-state index < -0.39 is 11.7 Å². The molecule has 4 nitrogen and oxygen atoms in total. The number of nitrogens with zero attached hydrogens (tertiary/aromatic N) is 2. The van der Waals surface area contributed by atoms with E-state index in [1.807, 2.05) is 26.0 Å². The van der Waals surface area contributed by atoms with Crippen LogP contribution in [0.1, 0.15) is 34.6 Å². The van der Waals surface area contributed by atoms with Crippen molar-refractivity contribution in [3.63, 3.8) is 0 Å². The highest BCUT2D eigenvalue weighted by atomic mass is 19.1. The van der Waals surface area contributed by atoms with E-state index in [0.29, 0.717) is 0 Å². The Hall–Kier alpha value is -2.30. The Labute approximate surface area is 110 Å². The van der Waals surface area contributed by atoms with Crippen molar-refractivity contribution in [2.24, 2.45) is 0 Å². The summed E-state index contributed by atoms with van der Waals surface area (Å²) >= 11 is 0. The summed E-state index contributed by atoms with van der Waals surface area (Å²) in [5.74, 6) is -1.10. The van der Waals surface area contributed by atoms with Gasteiger partial charge in [0.05, 0.1) is 17.8 Å². The van der Waals surface area contributed by atoms with Crippen LogP contribution in [-0.4, -0.2) is 15.9 Å². The highest BCUT2D eigenvalue weighted by Crippen LogP contribution is 2.13. The van der Waals surface area contributed by atoms with Gasteiger partial charge < -0.3 is 5.32 Å². The molecule has 1 N–H and O–H groups in total. The van der Waals surface area contributed by atoms with Crippen LogP contribution < -0.4 is 5.32 Å². The second-order valence-corrected chi connectivity index (χ2v) is 4.28. The number of pyridine rings is 2. The second kappa shape index (κ2) is 5.56. The van der Waals surface area contributed by atoms with Gasteiger partial charge in [-0.1, -0.05) is 6.07 Å². The van der Waals surface area contributed by atoms with Crippen LogP contribution >= 0.6 is 0 Å². The first-order valence-electron chi connectivity index (χ1n) is 5.91. The van der Waals surface area contributed by atoms with Crippen LogP contribution in [-0.2, 0) is 0 Å². The number of rotatable bonds is 3. The van der Waals surface area contributed by atoms with Crippen LogP contribution in [0, 0.1) is 12.7 Å². The van der Waals surface area contributed by atoms with E-state index in [-0.39, 0.29) is 11.6 Å². The molecule has 1 atom stereocenters. The minimum Gasteiger partial charge on any atom is -0.345 e. The third-order valence-electron chi connectivity index (χ3n) is 2.80. The van der Waals surface area contributed by atoms with Crippen molar-refractivity contribution in [2.45, 2.75) is 19.9 Å². The van der Waals surface area contributed by atoms with Crippen molar-refractivity contribution in [3.05, 3.63) is 59.4 Å². The molecule has 98 valence electrons. The average molecular weight is 259 g/mol. The Balaban J connectivity index is 2.11. The number of halogens is 1. The van der Waals surface area contributed by atoms with Crippen molar-refractivity contribution in [1.29, 1.82) is 0 Å². The Kier molecular flexibility index (Phi) is 3.85. The minimum atomic E-state index is -0.630. The highest BCUT2D eigenvalue weighted by Gasteiger charge is 2.14. The molecule has 2 heterocycles. The molecule has 0 saturated carbocycles. The second-order valence-electron chi connectivity index (χ2n) is 4.28. The van der Waals surface area contributed by atoms with Gasteiger partial charge in [0.25, 0.3) is 5.91 Å². The van der Waals surface area contributed by atoms with Crippen LogP contribution in [0.15, 0.2) is 36.8 Å². The van der Waals surface area contributed by atoms with Gasteiger partial charge in [0.15, 0.2) is 5.82 Å². The Morgan fingerprint density at radius 2 is 2.11 bits per heavy atom. The fourth-order valence-electron chi connectivity index (χ4n) is 1.65. The van der Waals surface area contributed by atoms with Gasteiger partial charge in [-0.25, -0.2) is 4.39 Å². The number of carbonyl (C=O) groups is 1. The number of amides is 1. The molecule has 0 aliphatic carbocycles. The molecular weight excluding hydrogens is 245 g/mol. The van der Waals surface area contributed by atoms with E-state index in [2.05, 4.69) is 15.3 Å². The average Bonchev–Trinajstić information content (AvgIpc) is 2.39. The van der Waals surface area contributed by atoms with Gasteiger partial charge >= 0.3 is 0 Å². The van der Waals surface area contributed by atoms with E-state index >= 15 is 0 Å². The zero-order valence-electron chi connectivity index (χ0n) is 10.7. The maximum Gasteiger partial charge on any atom is 0.254 e. The summed E-state index contributed by atoms with van der Waals surface area (Å²) in [5, 5.41) is 2.73. The van der Waals surface area contributed by atoms with Crippen molar-refractivity contribution >= 4 is 5.91 Å². The number of hydrogen-bond donors (Lipinski definition) is 1. The van der Waals surface area contributed by atoms with Gasteiger partial charge in [-0.05, 0) is 31.5 Å². The summed E-state index contributed by atoms with van der Waals surface area (Å²) in [6, 6.07) is 4.86. The van der Waals surface area contributed by atoms with Gasteiger partial charge in [-0.3, -0.25) is 14.8 Å². The molecule has 0 aliphatic rings. The van der Waals surface area contributed by atoms with E-state index in [0.717, 1.165) is 17.5 Å². The van der Waals surface area contributed by atoms with E-state index in [9.17, 15) is 9.18 Å². The number of hydrogen-bond acceptors (Lipinski definition) is 3. The molecule has 1 unspecified atom stereocenters. The SMILES string of the molecule is Cc1ccc(C(C)NC(=O)c2ccncc2F)cn1. The normalized spacial score (nSPS) is 11.9. The Morgan fingerprint density at radius 1 is 1.32 bits per heavy atom. The van der Waals surface area contributed by atoms with Crippen LogP contribution in [0.4, 0.5) is 4.39 Å². The number of nitrogens with one attached hydrogen (secondary N) is 1. The van der Waals surface area contributed by atoms with Gasteiger partial charge in [0.2, 0.25) is 0 Å². The van der Waals surface area contributed by atoms with Crippen molar-refractivity contribution in [3.8, 4) is 0 Å². The summed E-state index contributed by atoms with van der Waals surface area (Å²) in [6.07, 6.45) is 4.10. The smallest absolute Gasteiger partial charge is 0.254 e. The van der Waals surface area contributed by atoms with E-state index in [4.69, 9.17) is 0 Å². The molecule has 2 aromatic heterocycles. The van der Waals surface area contributed by atoms with E-state index in [1.165, 1.54) is 12.3 Å². The molecule has 2 aromatic rings. The zero-order valence-corrected chi connectivity index (χ0v) is 10.7. The molecule has 0 aromatic carbocycles. The van der Waals surface area contributed by atoms with Gasteiger partial charge in [0.1, 0.15) is 0 Å². The lowest BCUT2D eigenvalue weighted by molar-refractivity contribution is 0.0935. The van der Waals surface area contributed by atoms with Crippen molar-refractivity contribution < 1.29 is 9.18 Å². The number of carbonyl (C=O) groups excluding carboxylic acids is 1. The summed E-state index contributed by atoms with van der Waals surface area (Å²) in [6.45, 7) is 3.71. The summed E-state index contributed by atoms with van der Waals surface area (Å²) in [7, 11) is 0. The van der Waals surface area contributed by atoms with E-state index in [1.54, 1.807) is 6.20 Å². The predicted molar refractivity (Wildman–Crippen MR) is 69.1 cm³/mol. The molecule has 0 aliphatic heterocycles. The largest absolute Gasteiger partial charge is 0.345 e. The van der Waals surface area contributed by atoms with Crippen LogP contribution in [0.3, 0.4) is 0 Å². The van der Waals surface area contributed by atoms with Crippen LogP contribution in [0.25, 0.3) is 0 Å². The summed E-state index contributed by atoms with van der Waals surface area (Å²) in [5.41, 5.74) is 1.76. The lowest BCUT2D eigenvalue weighted by Crippen LogP contribution is -2.27. The fourth-order valence-corrected chi connectivity index (χ4v) is 1.65. The molecule has 5 heteroatoms. The molecule has 0 spiro atoms. The summed E-state index contributed by atoms with van der Waals surface area (Å²) < 4.78 is 13.4. The lowest BCUT2D eigenvalue weighted by atomic mass is 10.1. The molecule has 2 rings (SSSR count). The predicted octanol–water partition coefficient (Wildman–Crippen LogP) is 2.42. The van der Waals surface area contributed by atoms with Gasteiger partial charge in [-0.15, -0.1) is 0 Å². The molecule has 0 saturated heterocycles. The molecule has 0 radical (unpaired) electrons. The first-order chi connectivity index (χ1) is 9.08. The third-order valence-corrected chi connectivity index (χ3v) is 2.80. The van der Waals surface area contributed by atoms with Gasteiger partial charge in [0, 0.05) is 18.1 Å². The molecule has 19 heavy (non-hydrogen) atoms. The van der Waals surface area contributed by atoms with Gasteiger partial charge in [-0.2, -0.15) is 0 Å². The molecule has 0 bridgehead atoms. The quantitative estimate of drug-likeness (QED) is 0.921. The molecular formula is C14H14FN3O. The fraction of sp³-hybridized carbons (Fsp3) is 0.214. The number of aryl methyl sites for hydroxylation is 1. The minimum absolute atomic E-state index is 0.0121. The van der Waals surface area contributed by atoms with Crippen molar-refractivity contribution in [1.82, 2.24) is 15.3 Å². The van der Waals surface area contributed by atoms with Crippen LogP contribution in [0.5, 0.6) is 0 Å². The topological polar surface area (TPSA) is 54.9 Å². The maximum atomic E-state index is 13.4. The monoisotopic (exact) mass is 259 g/mol. The first kappa shape index (κ1) is 13.1. The third kappa shape index (κ3) is 3.13. The number of aromatic nitrogens is 2. The van der Waals surface area contributed by atoms with Crippen LogP contribution in [0.2, 0.25) is 0 Å².